The van der Waals surface area contributed by atoms with Gasteiger partial charge in [-0.25, -0.2) is 0 Å². The number of unbranched alkanes of at least 4 members (excludes halogenated alkanes) is 8. The summed E-state index contributed by atoms with van der Waals surface area (Å²) in [6.07, 6.45) is 21.3. The summed E-state index contributed by atoms with van der Waals surface area (Å²) in [4.78, 5) is 17.4. The Kier molecular flexibility index (Phi) is 14.3. The molecule has 124 valence electrons. The van der Waals surface area contributed by atoms with E-state index in [4.69, 9.17) is 9.79 Å². The Morgan fingerprint density at radius 2 is 1.29 bits per heavy atom. The first-order chi connectivity index (χ1) is 10.1. The lowest BCUT2D eigenvalue weighted by Crippen LogP contribution is -1.88. The van der Waals surface area contributed by atoms with Gasteiger partial charge in [-0.05, 0) is 38.5 Å². The average molecular weight is 316 g/mol. The van der Waals surface area contributed by atoms with Crippen molar-refractivity contribution in [2.24, 2.45) is 0 Å². The highest BCUT2D eigenvalue weighted by molar-refractivity contribution is 7.51. The standard InChI is InChI=1S/C17H33O3P/c1-2-3-4-5-6-7-8-9-10-11-12-13-14-15-16-17-21(18,19)20/h6-7,9-10H,2-5,8,11-17H2,1H3,(H2,18,19,20). The Morgan fingerprint density at radius 1 is 0.762 bits per heavy atom. The number of hydrogen-bond acceptors (Lipinski definition) is 1. The van der Waals surface area contributed by atoms with Crippen molar-refractivity contribution >= 4 is 7.60 Å². The van der Waals surface area contributed by atoms with Gasteiger partial charge < -0.3 is 9.79 Å². The van der Waals surface area contributed by atoms with E-state index in [0.717, 1.165) is 32.1 Å². The monoisotopic (exact) mass is 316 g/mol. The SMILES string of the molecule is CCCCCC=CCC=CCCCCCCCP(=O)(O)O. The fourth-order valence-corrected chi connectivity index (χ4v) is 2.76. The second-order valence-corrected chi connectivity index (χ2v) is 7.40. The van der Waals surface area contributed by atoms with Gasteiger partial charge in [0.1, 0.15) is 0 Å². The molecule has 0 fully saturated rings. The van der Waals surface area contributed by atoms with Gasteiger partial charge in [0.2, 0.25) is 0 Å². The number of rotatable bonds is 14. The molecular formula is C17H33O3P. The summed E-state index contributed by atoms with van der Waals surface area (Å²) >= 11 is 0. The van der Waals surface area contributed by atoms with Crippen molar-refractivity contribution < 1.29 is 14.4 Å². The molecule has 0 aliphatic carbocycles. The molecule has 0 saturated heterocycles. The van der Waals surface area contributed by atoms with Crippen molar-refractivity contribution in [2.45, 2.75) is 77.6 Å². The Bertz CT molecular complexity index is 318. The molecule has 4 heteroatoms. The van der Waals surface area contributed by atoms with E-state index in [1.165, 1.54) is 32.1 Å². The summed E-state index contributed by atoms with van der Waals surface area (Å²) in [7, 11) is -3.77. The van der Waals surface area contributed by atoms with Crippen molar-refractivity contribution in [3.8, 4) is 0 Å². The van der Waals surface area contributed by atoms with Crippen LogP contribution in [0.15, 0.2) is 24.3 Å². The molecule has 0 unspecified atom stereocenters. The van der Waals surface area contributed by atoms with Crippen LogP contribution in [0.3, 0.4) is 0 Å². The van der Waals surface area contributed by atoms with Gasteiger partial charge in [-0.1, -0.05) is 63.3 Å². The van der Waals surface area contributed by atoms with Crippen LogP contribution in [0, 0.1) is 0 Å². The van der Waals surface area contributed by atoms with Crippen LogP contribution in [0.4, 0.5) is 0 Å². The van der Waals surface area contributed by atoms with E-state index in [2.05, 4.69) is 31.2 Å². The zero-order valence-electron chi connectivity index (χ0n) is 13.5. The molecular weight excluding hydrogens is 283 g/mol. The van der Waals surface area contributed by atoms with Crippen LogP contribution in [0.2, 0.25) is 0 Å². The zero-order valence-corrected chi connectivity index (χ0v) is 14.4. The molecule has 0 radical (unpaired) electrons. The molecule has 21 heavy (non-hydrogen) atoms. The molecule has 0 aromatic rings. The van der Waals surface area contributed by atoms with Crippen LogP contribution in [-0.4, -0.2) is 15.9 Å². The summed E-state index contributed by atoms with van der Waals surface area (Å²) in [6, 6.07) is 0. The summed E-state index contributed by atoms with van der Waals surface area (Å²) in [6.45, 7) is 2.23. The summed E-state index contributed by atoms with van der Waals surface area (Å²) in [5.74, 6) is 0. The Balaban J connectivity index is 3.24. The first-order valence-corrected chi connectivity index (χ1v) is 10.2. The smallest absolute Gasteiger partial charge is 0.324 e. The molecule has 3 nitrogen and oxygen atoms in total. The Morgan fingerprint density at radius 3 is 1.86 bits per heavy atom. The van der Waals surface area contributed by atoms with Gasteiger partial charge >= 0.3 is 7.60 Å². The van der Waals surface area contributed by atoms with E-state index < -0.39 is 7.60 Å². The number of hydrogen-bond donors (Lipinski definition) is 2. The van der Waals surface area contributed by atoms with Crippen molar-refractivity contribution in [3.63, 3.8) is 0 Å². The van der Waals surface area contributed by atoms with Crippen molar-refractivity contribution in [1.82, 2.24) is 0 Å². The second-order valence-electron chi connectivity index (χ2n) is 5.62. The van der Waals surface area contributed by atoms with Crippen LogP contribution >= 0.6 is 7.60 Å². The first kappa shape index (κ1) is 20.6. The van der Waals surface area contributed by atoms with Gasteiger partial charge in [-0.3, -0.25) is 4.57 Å². The van der Waals surface area contributed by atoms with Gasteiger partial charge in [0, 0.05) is 6.16 Å². The highest BCUT2D eigenvalue weighted by Gasteiger charge is 2.10. The third-order valence-corrected chi connectivity index (χ3v) is 4.30. The highest BCUT2D eigenvalue weighted by Crippen LogP contribution is 2.35. The molecule has 0 aromatic heterocycles. The first-order valence-electron chi connectivity index (χ1n) is 8.41. The van der Waals surface area contributed by atoms with E-state index >= 15 is 0 Å². The van der Waals surface area contributed by atoms with Gasteiger partial charge in [-0.2, -0.15) is 0 Å². The molecule has 0 rings (SSSR count). The van der Waals surface area contributed by atoms with Gasteiger partial charge in [0.25, 0.3) is 0 Å². The molecule has 0 aliphatic heterocycles. The average Bonchev–Trinajstić information content (AvgIpc) is 2.42. The largest absolute Gasteiger partial charge is 0.325 e. The molecule has 0 spiro atoms. The normalized spacial score (nSPS) is 12.7. The fraction of sp³-hybridized carbons (Fsp3) is 0.765. The molecule has 0 atom stereocenters. The van der Waals surface area contributed by atoms with Crippen LogP contribution in [0.25, 0.3) is 0 Å². The molecule has 0 aromatic carbocycles. The topological polar surface area (TPSA) is 57.5 Å². The summed E-state index contributed by atoms with van der Waals surface area (Å²) in [5, 5.41) is 0. The quantitative estimate of drug-likeness (QED) is 0.249. The van der Waals surface area contributed by atoms with Crippen LogP contribution in [0.5, 0.6) is 0 Å². The van der Waals surface area contributed by atoms with Crippen molar-refractivity contribution in [1.29, 1.82) is 0 Å². The second kappa shape index (κ2) is 14.6. The van der Waals surface area contributed by atoms with E-state index in [0.29, 0.717) is 6.42 Å². The van der Waals surface area contributed by atoms with Crippen LogP contribution in [0.1, 0.15) is 77.6 Å². The highest BCUT2D eigenvalue weighted by atomic mass is 31.2. The van der Waals surface area contributed by atoms with E-state index in [1.807, 2.05) is 0 Å². The fourth-order valence-electron chi connectivity index (χ4n) is 2.13. The molecule has 0 amide bonds. The molecule has 0 saturated carbocycles. The number of allylic oxidation sites excluding steroid dienone is 4. The van der Waals surface area contributed by atoms with Crippen LogP contribution in [-0.2, 0) is 4.57 Å². The van der Waals surface area contributed by atoms with E-state index in [9.17, 15) is 4.57 Å². The maximum absolute atomic E-state index is 10.6. The Labute approximate surface area is 130 Å². The minimum Gasteiger partial charge on any atom is -0.324 e. The lowest BCUT2D eigenvalue weighted by molar-refractivity contribution is 0.370. The maximum atomic E-state index is 10.6. The molecule has 0 heterocycles. The van der Waals surface area contributed by atoms with Crippen molar-refractivity contribution in [2.75, 3.05) is 6.16 Å². The molecule has 0 bridgehead atoms. The van der Waals surface area contributed by atoms with E-state index in [-0.39, 0.29) is 6.16 Å². The predicted octanol–water partition coefficient (Wildman–Crippen LogP) is 5.59. The van der Waals surface area contributed by atoms with Crippen LogP contribution < -0.4 is 0 Å². The third kappa shape index (κ3) is 19.6. The maximum Gasteiger partial charge on any atom is 0.325 e. The van der Waals surface area contributed by atoms with E-state index in [1.54, 1.807) is 0 Å². The lowest BCUT2D eigenvalue weighted by Gasteiger charge is -2.02. The Hall–Kier alpha value is -0.370. The molecule has 0 aliphatic rings. The van der Waals surface area contributed by atoms with Gasteiger partial charge in [0.05, 0.1) is 0 Å². The third-order valence-electron chi connectivity index (χ3n) is 3.40. The lowest BCUT2D eigenvalue weighted by atomic mass is 10.1. The summed E-state index contributed by atoms with van der Waals surface area (Å²) in [5.41, 5.74) is 0. The summed E-state index contributed by atoms with van der Waals surface area (Å²) < 4.78 is 10.6. The van der Waals surface area contributed by atoms with Gasteiger partial charge in [0.15, 0.2) is 0 Å². The van der Waals surface area contributed by atoms with Crippen molar-refractivity contribution in [3.05, 3.63) is 24.3 Å². The minimum atomic E-state index is -3.77. The predicted molar refractivity (Wildman–Crippen MR) is 91.7 cm³/mol. The molecule has 2 N–H and O–H groups in total. The van der Waals surface area contributed by atoms with Gasteiger partial charge in [-0.15, -0.1) is 0 Å². The minimum absolute atomic E-state index is 0.0392. The zero-order chi connectivity index (χ0) is 15.8.